The molecule has 0 radical (unpaired) electrons. The van der Waals surface area contributed by atoms with Crippen LogP contribution in [-0.2, 0) is 0 Å². The molecule has 0 unspecified atom stereocenters. The van der Waals surface area contributed by atoms with Crippen LogP contribution < -0.4 is 18.9 Å². The normalized spacial score (nSPS) is 12.2. The van der Waals surface area contributed by atoms with Crippen molar-refractivity contribution in [3.63, 3.8) is 0 Å². The van der Waals surface area contributed by atoms with Crippen molar-refractivity contribution >= 4 is 43.6 Å². The van der Waals surface area contributed by atoms with Gasteiger partial charge in [-0.1, -0.05) is 48.2 Å². The molecule has 0 fully saturated rings. The number of benzene rings is 6. The van der Waals surface area contributed by atoms with Crippen LogP contribution in [0.15, 0.2) is 158 Å². The highest BCUT2D eigenvalue weighted by atomic mass is 19.4. The second-order valence-corrected chi connectivity index (χ2v) is 16.1. The van der Waals surface area contributed by atoms with Crippen molar-refractivity contribution in [1.29, 1.82) is 0 Å². The molecule has 8 nitrogen and oxygen atoms in total. The molecule has 0 spiro atoms. The molecule has 0 saturated heterocycles. The Hall–Kier alpha value is -9.12. The van der Waals surface area contributed by atoms with Gasteiger partial charge in [-0.25, -0.2) is 0 Å². The molecule has 0 atom stereocenters. The quantitative estimate of drug-likeness (QED) is 0.110. The molecule has 20 heteroatoms. The van der Waals surface area contributed by atoms with Crippen LogP contribution in [0.4, 0.5) is 52.7 Å². The maximum Gasteiger partial charge on any atom is 0.573 e. The van der Waals surface area contributed by atoms with E-state index in [1.165, 1.54) is 110 Å². The molecule has 4 aromatic heterocycles. The van der Waals surface area contributed by atoms with Gasteiger partial charge in [0.05, 0.1) is 22.1 Å². The Kier molecular flexibility index (Phi) is 12.1. The number of pyridine rings is 4. The summed E-state index contributed by atoms with van der Waals surface area (Å²) >= 11 is 0. The molecule has 10 aromatic rings. The standard InChI is InChI=1S/C54H26F12N4O4/c55-51(56,57)71-35-21-31-5-1-15-67-47(31)43(25-35)39-13-11-29(19-41(39)45-27-37(73-53(61,62)63)23-33-7-3-17-69-49(33)45)9-10-30-12-14-40(44-26-36(72-52(58,59)60)22-32-6-2-16-68-48(32)44)42(20-30)46-28-38(74-54(64,65)66)24-34-8-4-18-70-50(34)46/h1-8,11-28H. The van der Waals surface area contributed by atoms with E-state index in [0.717, 1.165) is 48.5 Å². The van der Waals surface area contributed by atoms with E-state index in [9.17, 15) is 52.7 Å². The molecule has 4 heterocycles. The Morgan fingerprint density at radius 3 is 0.797 bits per heavy atom. The molecule has 0 aliphatic rings. The van der Waals surface area contributed by atoms with Gasteiger partial charge in [0.2, 0.25) is 0 Å². The van der Waals surface area contributed by atoms with Gasteiger partial charge in [-0.2, -0.15) is 0 Å². The summed E-state index contributed by atoms with van der Waals surface area (Å²) in [7, 11) is 0. The summed E-state index contributed by atoms with van der Waals surface area (Å²) in [5.74, 6) is 3.45. The number of fused-ring (bicyclic) bond motifs is 4. The maximum absolute atomic E-state index is 13.8. The fourth-order valence-corrected chi connectivity index (χ4v) is 8.55. The number of hydrogen-bond acceptors (Lipinski definition) is 8. The lowest BCUT2D eigenvalue weighted by molar-refractivity contribution is -0.275. The predicted octanol–water partition coefficient (Wildman–Crippen LogP) is 15.5. The number of rotatable bonds is 8. The first-order valence-electron chi connectivity index (χ1n) is 21.5. The fourth-order valence-electron chi connectivity index (χ4n) is 8.55. The van der Waals surface area contributed by atoms with E-state index in [4.69, 9.17) is 0 Å². The van der Waals surface area contributed by atoms with E-state index >= 15 is 0 Å². The zero-order valence-electron chi connectivity index (χ0n) is 37.0. The lowest BCUT2D eigenvalue weighted by Crippen LogP contribution is -2.17. The summed E-state index contributed by atoms with van der Waals surface area (Å²) in [6.07, 6.45) is -14.9. The number of hydrogen-bond donors (Lipinski definition) is 0. The molecule has 74 heavy (non-hydrogen) atoms. The molecule has 6 aromatic carbocycles. The van der Waals surface area contributed by atoms with Gasteiger partial charge in [0.15, 0.2) is 0 Å². The topological polar surface area (TPSA) is 88.5 Å². The molecule has 0 bridgehead atoms. The third-order valence-corrected chi connectivity index (χ3v) is 11.2. The Morgan fingerprint density at radius 2 is 0.541 bits per heavy atom. The van der Waals surface area contributed by atoms with Crippen LogP contribution >= 0.6 is 0 Å². The lowest BCUT2D eigenvalue weighted by atomic mass is 9.89. The second-order valence-electron chi connectivity index (χ2n) is 16.1. The van der Waals surface area contributed by atoms with E-state index in [-0.39, 0.29) is 99.2 Å². The van der Waals surface area contributed by atoms with Crippen molar-refractivity contribution in [3.8, 4) is 79.3 Å². The summed E-state index contributed by atoms with van der Waals surface area (Å²) in [6.45, 7) is 0. The van der Waals surface area contributed by atoms with Crippen LogP contribution in [0.2, 0.25) is 0 Å². The second kappa shape index (κ2) is 18.5. The van der Waals surface area contributed by atoms with Gasteiger partial charge in [0.1, 0.15) is 23.0 Å². The molecular weight excluding hydrogens is 997 g/mol. The molecule has 0 N–H and O–H groups in total. The van der Waals surface area contributed by atoms with Crippen molar-refractivity contribution in [2.24, 2.45) is 0 Å². The van der Waals surface area contributed by atoms with Crippen molar-refractivity contribution in [2.75, 3.05) is 0 Å². The molecule has 10 rings (SSSR count). The van der Waals surface area contributed by atoms with Gasteiger partial charge in [0, 0.05) is 79.7 Å². The third kappa shape index (κ3) is 10.7. The first-order chi connectivity index (χ1) is 35.1. The largest absolute Gasteiger partial charge is 0.573 e. The van der Waals surface area contributed by atoms with E-state index in [2.05, 4.69) is 50.7 Å². The van der Waals surface area contributed by atoms with Crippen LogP contribution in [0.25, 0.3) is 88.1 Å². The number of halogens is 12. The van der Waals surface area contributed by atoms with Gasteiger partial charge in [-0.05, 0) is 119 Å². The Morgan fingerprint density at radius 1 is 0.284 bits per heavy atom. The van der Waals surface area contributed by atoms with Gasteiger partial charge in [-0.3, -0.25) is 19.9 Å². The number of alkyl halides is 12. The monoisotopic (exact) mass is 1020 g/mol. The Balaban J connectivity index is 1.20. The number of aromatic nitrogens is 4. The highest BCUT2D eigenvalue weighted by molar-refractivity contribution is 6.06. The van der Waals surface area contributed by atoms with E-state index < -0.39 is 48.4 Å². The summed E-state index contributed by atoms with van der Waals surface area (Å²) < 4.78 is 182. The summed E-state index contributed by atoms with van der Waals surface area (Å²) in [5.41, 5.74) is 1.85. The minimum atomic E-state index is -5.14. The lowest BCUT2D eigenvalue weighted by Gasteiger charge is -2.18. The molecule has 0 aliphatic carbocycles. The van der Waals surface area contributed by atoms with Crippen LogP contribution in [0.1, 0.15) is 11.1 Å². The zero-order valence-corrected chi connectivity index (χ0v) is 37.0. The zero-order chi connectivity index (χ0) is 52.2. The van der Waals surface area contributed by atoms with Crippen molar-refractivity contribution in [1.82, 2.24) is 19.9 Å². The minimum Gasteiger partial charge on any atom is -0.406 e. The average molecular weight is 1020 g/mol. The van der Waals surface area contributed by atoms with Crippen LogP contribution in [0, 0.1) is 11.8 Å². The van der Waals surface area contributed by atoms with E-state index in [0.29, 0.717) is 0 Å². The first-order valence-corrected chi connectivity index (χ1v) is 21.5. The molecule has 370 valence electrons. The van der Waals surface area contributed by atoms with Gasteiger partial charge in [-0.15, -0.1) is 52.7 Å². The minimum absolute atomic E-state index is 0.0387. The van der Waals surface area contributed by atoms with E-state index in [1.54, 1.807) is 0 Å². The maximum atomic E-state index is 13.8. The summed E-state index contributed by atoms with van der Waals surface area (Å²) in [6, 6.07) is 29.5. The Labute approximate surface area is 408 Å². The molecule has 0 saturated carbocycles. The summed E-state index contributed by atoms with van der Waals surface area (Å²) in [4.78, 5) is 17.7. The van der Waals surface area contributed by atoms with Crippen LogP contribution in [0.3, 0.4) is 0 Å². The summed E-state index contributed by atoms with van der Waals surface area (Å²) in [5, 5.41) is 0.831. The molecule has 0 amide bonds. The molecular formula is C54H26F12N4O4. The van der Waals surface area contributed by atoms with Crippen LogP contribution in [0.5, 0.6) is 23.0 Å². The predicted molar refractivity (Wildman–Crippen MR) is 249 cm³/mol. The van der Waals surface area contributed by atoms with Gasteiger partial charge >= 0.3 is 25.4 Å². The van der Waals surface area contributed by atoms with Crippen LogP contribution in [-0.4, -0.2) is 45.4 Å². The smallest absolute Gasteiger partial charge is 0.406 e. The van der Waals surface area contributed by atoms with Crippen molar-refractivity contribution in [3.05, 3.63) is 169 Å². The number of ether oxygens (including phenoxy) is 4. The number of nitrogens with zero attached hydrogens (tertiary/aromatic N) is 4. The SMILES string of the molecule is FC(F)(F)Oc1cc(-c2ccc(C#Cc3ccc(-c4cc(OC(F)(F)F)cc5cccnc45)c(-c4cc(OC(F)(F)F)cc5cccnc45)c3)cc2-c2cc(OC(F)(F)F)cc3cccnc23)c2ncccc2c1. The molecule has 0 aliphatic heterocycles. The average Bonchev–Trinajstić information content (AvgIpc) is 3.33. The Bertz CT molecular complexity index is 3650. The fraction of sp³-hybridized carbons (Fsp3) is 0.0741. The van der Waals surface area contributed by atoms with Gasteiger partial charge < -0.3 is 18.9 Å². The van der Waals surface area contributed by atoms with Crippen molar-refractivity contribution < 1.29 is 71.6 Å². The van der Waals surface area contributed by atoms with E-state index in [1.807, 2.05) is 0 Å². The third-order valence-electron chi connectivity index (χ3n) is 11.2. The first kappa shape index (κ1) is 48.5. The van der Waals surface area contributed by atoms with Gasteiger partial charge in [0.25, 0.3) is 0 Å². The highest BCUT2D eigenvalue weighted by Crippen LogP contribution is 2.45. The van der Waals surface area contributed by atoms with Crippen molar-refractivity contribution in [2.45, 2.75) is 25.4 Å². The highest BCUT2D eigenvalue weighted by Gasteiger charge is 2.35.